The van der Waals surface area contributed by atoms with Crippen molar-refractivity contribution in [1.29, 1.82) is 0 Å². The molecule has 25 heavy (non-hydrogen) atoms. The molecule has 0 spiro atoms. The smallest absolute Gasteiger partial charge is 0.227 e. The van der Waals surface area contributed by atoms with Gasteiger partial charge in [-0.05, 0) is 55.0 Å². The fourth-order valence-electron chi connectivity index (χ4n) is 3.66. The molecule has 1 fully saturated rings. The zero-order valence-electron chi connectivity index (χ0n) is 14.2. The summed E-state index contributed by atoms with van der Waals surface area (Å²) in [5, 5.41) is 9.15. The number of para-hydroxylation sites is 2. The van der Waals surface area contributed by atoms with Gasteiger partial charge >= 0.3 is 0 Å². The van der Waals surface area contributed by atoms with Crippen molar-refractivity contribution in [1.82, 2.24) is 4.98 Å². The van der Waals surface area contributed by atoms with Crippen LogP contribution in [0, 0.1) is 5.92 Å². The summed E-state index contributed by atoms with van der Waals surface area (Å²) in [4.78, 5) is 4.53. The number of benzene rings is 2. The third-order valence-corrected chi connectivity index (χ3v) is 5.05. The SMILES string of the molecule is OCC[C@H]1CCC[C@H]1OCc1ccc(-c2nc3ccccc3o2)cc1. The van der Waals surface area contributed by atoms with Crippen LogP contribution < -0.4 is 0 Å². The second-order valence-electron chi connectivity index (χ2n) is 6.74. The predicted molar refractivity (Wildman–Crippen MR) is 97.1 cm³/mol. The Morgan fingerprint density at radius 2 is 1.92 bits per heavy atom. The zero-order chi connectivity index (χ0) is 17.1. The normalized spacial score (nSPS) is 20.4. The van der Waals surface area contributed by atoms with Gasteiger partial charge < -0.3 is 14.3 Å². The monoisotopic (exact) mass is 337 g/mol. The first-order chi connectivity index (χ1) is 12.3. The second-order valence-corrected chi connectivity index (χ2v) is 6.74. The van der Waals surface area contributed by atoms with Crippen LogP contribution in [0.1, 0.15) is 31.2 Å². The minimum Gasteiger partial charge on any atom is -0.436 e. The predicted octanol–water partition coefficient (Wildman–Crippen LogP) is 4.56. The van der Waals surface area contributed by atoms with Gasteiger partial charge in [0.1, 0.15) is 5.52 Å². The molecule has 0 radical (unpaired) electrons. The summed E-state index contributed by atoms with van der Waals surface area (Å²) in [6.45, 7) is 0.865. The van der Waals surface area contributed by atoms with Crippen molar-refractivity contribution in [3.8, 4) is 11.5 Å². The molecule has 4 rings (SSSR count). The van der Waals surface area contributed by atoms with Crippen LogP contribution in [0.15, 0.2) is 52.9 Å². The summed E-state index contributed by atoms with van der Waals surface area (Å²) in [5.41, 5.74) is 3.80. The molecule has 130 valence electrons. The molecule has 3 aromatic rings. The van der Waals surface area contributed by atoms with Crippen molar-refractivity contribution in [3.05, 3.63) is 54.1 Å². The Bertz CT molecular complexity index is 792. The fourth-order valence-corrected chi connectivity index (χ4v) is 3.66. The van der Waals surface area contributed by atoms with Gasteiger partial charge in [0.25, 0.3) is 0 Å². The number of rotatable bonds is 6. The van der Waals surface area contributed by atoms with E-state index in [1.807, 2.05) is 36.4 Å². The van der Waals surface area contributed by atoms with Crippen LogP contribution in [-0.2, 0) is 11.3 Å². The molecule has 0 aliphatic heterocycles. The summed E-state index contributed by atoms with van der Waals surface area (Å²) in [7, 11) is 0. The number of fused-ring (bicyclic) bond motifs is 1. The molecule has 0 saturated heterocycles. The Balaban J connectivity index is 1.41. The summed E-state index contributed by atoms with van der Waals surface area (Å²) >= 11 is 0. The molecule has 2 aromatic carbocycles. The summed E-state index contributed by atoms with van der Waals surface area (Å²) in [5.74, 6) is 1.15. The maximum absolute atomic E-state index is 9.15. The first-order valence-electron chi connectivity index (χ1n) is 9.01. The first-order valence-corrected chi connectivity index (χ1v) is 9.01. The molecule has 1 aliphatic rings. The van der Waals surface area contributed by atoms with Crippen LogP contribution in [0.2, 0.25) is 0 Å². The lowest BCUT2D eigenvalue weighted by atomic mass is 10.0. The van der Waals surface area contributed by atoms with Crippen LogP contribution in [0.3, 0.4) is 0 Å². The highest BCUT2D eigenvalue weighted by molar-refractivity contribution is 5.75. The summed E-state index contributed by atoms with van der Waals surface area (Å²) in [6, 6.07) is 16.0. The van der Waals surface area contributed by atoms with Crippen LogP contribution in [-0.4, -0.2) is 22.8 Å². The van der Waals surface area contributed by atoms with E-state index in [9.17, 15) is 0 Å². The largest absolute Gasteiger partial charge is 0.436 e. The van der Waals surface area contributed by atoms with E-state index in [-0.39, 0.29) is 12.7 Å². The maximum Gasteiger partial charge on any atom is 0.227 e. The molecule has 0 unspecified atom stereocenters. The number of nitrogens with zero attached hydrogens (tertiary/aromatic N) is 1. The minimum atomic E-state index is 0.254. The van der Waals surface area contributed by atoms with Crippen molar-refractivity contribution >= 4 is 11.1 Å². The van der Waals surface area contributed by atoms with E-state index in [1.54, 1.807) is 0 Å². The van der Waals surface area contributed by atoms with E-state index < -0.39 is 0 Å². The van der Waals surface area contributed by atoms with Crippen molar-refractivity contribution in [3.63, 3.8) is 0 Å². The van der Waals surface area contributed by atoms with Gasteiger partial charge in [0, 0.05) is 12.2 Å². The summed E-state index contributed by atoms with van der Waals surface area (Å²) in [6.07, 6.45) is 4.60. The van der Waals surface area contributed by atoms with E-state index in [2.05, 4.69) is 17.1 Å². The van der Waals surface area contributed by atoms with Crippen LogP contribution >= 0.6 is 0 Å². The van der Waals surface area contributed by atoms with E-state index in [1.165, 1.54) is 12.8 Å². The number of aliphatic hydroxyl groups excluding tert-OH is 1. The Kier molecular flexibility index (Phi) is 4.81. The van der Waals surface area contributed by atoms with Crippen molar-refractivity contribution in [2.45, 2.75) is 38.4 Å². The van der Waals surface area contributed by atoms with Crippen molar-refractivity contribution < 1.29 is 14.3 Å². The number of aliphatic hydroxyl groups is 1. The third kappa shape index (κ3) is 3.60. The van der Waals surface area contributed by atoms with Crippen molar-refractivity contribution in [2.24, 2.45) is 5.92 Å². The van der Waals surface area contributed by atoms with E-state index >= 15 is 0 Å². The molecule has 1 aliphatic carbocycles. The highest BCUT2D eigenvalue weighted by Gasteiger charge is 2.27. The maximum atomic E-state index is 9.15. The standard InChI is InChI=1S/C21H23NO3/c23-13-12-16-4-3-7-19(16)24-14-15-8-10-17(11-9-15)21-22-18-5-1-2-6-20(18)25-21/h1-2,5-6,8-11,16,19,23H,3-4,7,12-14H2/t16-,19-/m1/s1. The number of oxazole rings is 1. The molecule has 1 aromatic heterocycles. The topological polar surface area (TPSA) is 55.5 Å². The molecule has 1 saturated carbocycles. The van der Waals surface area contributed by atoms with E-state index in [4.69, 9.17) is 14.3 Å². The highest BCUT2D eigenvalue weighted by atomic mass is 16.5. The Labute approximate surface area is 147 Å². The number of ether oxygens (including phenoxy) is 1. The van der Waals surface area contributed by atoms with E-state index in [0.717, 1.165) is 35.1 Å². The minimum absolute atomic E-state index is 0.254. The van der Waals surface area contributed by atoms with Crippen molar-refractivity contribution in [2.75, 3.05) is 6.61 Å². The molecule has 4 nitrogen and oxygen atoms in total. The molecule has 2 atom stereocenters. The molecular formula is C21H23NO3. The van der Waals surface area contributed by atoms with E-state index in [0.29, 0.717) is 18.4 Å². The molecule has 4 heteroatoms. The highest BCUT2D eigenvalue weighted by Crippen LogP contribution is 2.31. The molecule has 1 N–H and O–H groups in total. The Hall–Kier alpha value is -2.17. The lowest BCUT2D eigenvalue weighted by Crippen LogP contribution is -2.19. The van der Waals surface area contributed by atoms with Gasteiger partial charge in [-0.1, -0.05) is 30.7 Å². The number of hydrogen-bond donors (Lipinski definition) is 1. The van der Waals surface area contributed by atoms with Gasteiger partial charge in [0.2, 0.25) is 5.89 Å². The van der Waals surface area contributed by atoms with Crippen LogP contribution in [0.4, 0.5) is 0 Å². The van der Waals surface area contributed by atoms with Gasteiger partial charge in [0.05, 0.1) is 12.7 Å². The van der Waals surface area contributed by atoms with Crippen LogP contribution in [0.5, 0.6) is 0 Å². The molecule has 1 heterocycles. The Morgan fingerprint density at radius 3 is 2.72 bits per heavy atom. The first kappa shape index (κ1) is 16.3. The van der Waals surface area contributed by atoms with Gasteiger partial charge in [0.15, 0.2) is 5.58 Å². The summed E-state index contributed by atoms with van der Waals surface area (Å²) < 4.78 is 11.9. The lowest BCUT2D eigenvalue weighted by Gasteiger charge is -2.19. The van der Waals surface area contributed by atoms with Crippen LogP contribution in [0.25, 0.3) is 22.6 Å². The van der Waals surface area contributed by atoms with Gasteiger partial charge in [-0.25, -0.2) is 4.98 Å². The second kappa shape index (κ2) is 7.38. The Morgan fingerprint density at radius 1 is 1.08 bits per heavy atom. The number of hydrogen-bond acceptors (Lipinski definition) is 4. The van der Waals surface area contributed by atoms with Gasteiger partial charge in [-0.3, -0.25) is 0 Å². The number of aromatic nitrogens is 1. The quantitative estimate of drug-likeness (QED) is 0.716. The fraction of sp³-hybridized carbons (Fsp3) is 0.381. The molecule has 0 bridgehead atoms. The third-order valence-electron chi connectivity index (χ3n) is 5.05. The average molecular weight is 337 g/mol. The zero-order valence-corrected chi connectivity index (χ0v) is 14.2. The van der Waals surface area contributed by atoms with Gasteiger partial charge in [-0.15, -0.1) is 0 Å². The van der Waals surface area contributed by atoms with Gasteiger partial charge in [-0.2, -0.15) is 0 Å². The lowest BCUT2D eigenvalue weighted by molar-refractivity contribution is 0.00961. The molecular weight excluding hydrogens is 314 g/mol. The molecule has 0 amide bonds. The average Bonchev–Trinajstić information content (AvgIpc) is 3.27.